The highest BCUT2D eigenvalue weighted by atomic mass is 32.2. The van der Waals surface area contributed by atoms with Gasteiger partial charge in [-0.25, -0.2) is 8.98 Å². The van der Waals surface area contributed by atoms with Crippen molar-refractivity contribution in [2.75, 3.05) is 6.61 Å². The molecule has 1 saturated heterocycles. The SMILES string of the molecule is Cc1cn([C@@H]2O[C@H](COCc3ccccc3)C3(OS(=O)(=O)C=C3N)[C@H]2O[Si](C)(C)C(C)(C)C)c(=O)[nH]c1=O. The summed E-state index contributed by atoms with van der Waals surface area (Å²) < 4.78 is 51.4. The number of rotatable bonds is 7. The molecule has 0 saturated carbocycles. The van der Waals surface area contributed by atoms with E-state index in [0.717, 1.165) is 11.0 Å². The number of ether oxygens (including phenoxy) is 2. The topological polar surface area (TPSA) is 152 Å². The fraction of sp³-hybridized carbons (Fsp3) is 0.520. The van der Waals surface area contributed by atoms with Gasteiger partial charge in [0.25, 0.3) is 15.7 Å². The minimum absolute atomic E-state index is 0.105. The van der Waals surface area contributed by atoms with Crippen molar-refractivity contribution >= 4 is 18.4 Å². The fourth-order valence-corrected chi connectivity index (χ4v) is 6.85. The second kappa shape index (κ2) is 9.88. The molecule has 1 aromatic heterocycles. The molecule has 1 unspecified atom stereocenters. The Balaban J connectivity index is 1.82. The molecular weight excluding hydrogens is 530 g/mol. The van der Waals surface area contributed by atoms with E-state index in [4.69, 9.17) is 23.8 Å². The van der Waals surface area contributed by atoms with Gasteiger partial charge in [-0.3, -0.25) is 14.3 Å². The number of nitrogens with zero attached hydrogens (tertiary/aromatic N) is 1. The van der Waals surface area contributed by atoms with Crippen molar-refractivity contribution in [1.29, 1.82) is 0 Å². The Morgan fingerprint density at radius 1 is 1.18 bits per heavy atom. The molecule has 0 bridgehead atoms. The van der Waals surface area contributed by atoms with Crippen molar-refractivity contribution in [1.82, 2.24) is 9.55 Å². The lowest BCUT2D eigenvalue weighted by Crippen LogP contribution is -2.58. The van der Waals surface area contributed by atoms with Crippen molar-refractivity contribution in [3.05, 3.63) is 79.6 Å². The number of aromatic nitrogens is 2. The van der Waals surface area contributed by atoms with Gasteiger partial charge in [0.1, 0.15) is 12.2 Å². The van der Waals surface area contributed by atoms with Gasteiger partial charge in [-0.05, 0) is 30.6 Å². The number of hydrogen-bond donors (Lipinski definition) is 2. The van der Waals surface area contributed by atoms with Gasteiger partial charge < -0.3 is 19.6 Å². The molecule has 2 aromatic rings. The van der Waals surface area contributed by atoms with E-state index < -0.39 is 53.7 Å². The van der Waals surface area contributed by atoms with Gasteiger partial charge >= 0.3 is 5.69 Å². The summed E-state index contributed by atoms with van der Waals surface area (Å²) in [6, 6.07) is 9.43. The molecule has 1 spiro atoms. The van der Waals surface area contributed by atoms with Crippen LogP contribution in [0.15, 0.2) is 57.2 Å². The summed E-state index contributed by atoms with van der Waals surface area (Å²) in [5.41, 5.74) is 4.38. The molecular formula is C25H35N3O8SSi. The van der Waals surface area contributed by atoms with E-state index in [9.17, 15) is 18.0 Å². The molecule has 4 atom stereocenters. The van der Waals surface area contributed by atoms with Crippen LogP contribution in [0.1, 0.15) is 38.1 Å². The number of nitrogens with two attached hydrogens (primary N) is 1. The van der Waals surface area contributed by atoms with E-state index in [-0.39, 0.29) is 29.5 Å². The number of benzene rings is 1. The quantitative estimate of drug-likeness (QED) is 0.380. The first-order valence-corrected chi connectivity index (χ1v) is 16.7. The number of aromatic amines is 1. The third-order valence-corrected chi connectivity index (χ3v) is 13.0. The van der Waals surface area contributed by atoms with Crippen LogP contribution in [0.3, 0.4) is 0 Å². The summed E-state index contributed by atoms with van der Waals surface area (Å²) in [6.07, 6.45) is -2.01. The van der Waals surface area contributed by atoms with Crippen molar-refractivity contribution in [2.45, 2.75) is 76.5 Å². The second-order valence-electron chi connectivity index (χ2n) is 11.2. The highest BCUT2D eigenvalue weighted by Gasteiger charge is 2.67. The maximum absolute atomic E-state index is 13.0. The van der Waals surface area contributed by atoms with Crippen LogP contribution >= 0.6 is 0 Å². The zero-order valence-corrected chi connectivity index (χ0v) is 24.2. The lowest BCUT2D eigenvalue weighted by atomic mass is 9.89. The van der Waals surface area contributed by atoms with Gasteiger partial charge in [-0.1, -0.05) is 51.1 Å². The molecule has 0 aliphatic carbocycles. The van der Waals surface area contributed by atoms with Crippen LogP contribution in [-0.2, 0) is 34.8 Å². The lowest BCUT2D eigenvalue weighted by molar-refractivity contribution is -0.0780. The van der Waals surface area contributed by atoms with Crippen molar-refractivity contribution in [3.63, 3.8) is 0 Å². The summed E-state index contributed by atoms with van der Waals surface area (Å²) >= 11 is 0. The van der Waals surface area contributed by atoms with E-state index in [1.807, 2.05) is 64.2 Å². The van der Waals surface area contributed by atoms with Crippen molar-refractivity contribution < 1.29 is 26.5 Å². The largest absolute Gasteiger partial charge is 0.406 e. The van der Waals surface area contributed by atoms with Gasteiger partial charge in [-0.2, -0.15) is 8.42 Å². The molecule has 3 heterocycles. The van der Waals surface area contributed by atoms with E-state index in [1.165, 1.54) is 10.8 Å². The Hall–Kier alpha value is -2.55. The predicted octanol–water partition coefficient (Wildman–Crippen LogP) is 2.25. The molecule has 4 rings (SSSR count). The summed E-state index contributed by atoms with van der Waals surface area (Å²) in [5, 5.41) is 0.564. The van der Waals surface area contributed by atoms with Crippen LogP contribution in [0.25, 0.3) is 0 Å². The monoisotopic (exact) mass is 565 g/mol. The molecule has 11 nitrogen and oxygen atoms in total. The van der Waals surface area contributed by atoms with Gasteiger partial charge in [0.2, 0.25) is 0 Å². The predicted molar refractivity (Wildman–Crippen MR) is 143 cm³/mol. The fourth-order valence-electron chi connectivity index (χ4n) is 4.35. The average Bonchev–Trinajstić information content (AvgIpc) is 3.23. The van der Waals surface area contributed by atoms with Crippen LogP contribution in [0.5, 0.6) is 0 Å². The minimum Gasteiger partial charge on any atom is -0.406 e. The van der Waals surface area contributed by atoms with Crippen LogP contribution in [-0.4, -0.2) is 50.7 Å². The highest BCUT2D eigenvalue weighted by molar-refractivity contribution is 7.90. The number of H-pyrrole nitrogens is 1. The first kappa shape index (κ1) is 28.5. The summed E-state index contributed by atoms with van der Waals surface area (Å²) in [5.74, 6) is 0. The first-order valence-electron chi connectivity index (χ1n) is 12.3. The van der Waals surface area contributed by atoms with Crippen LogP contribution < -0.4 is 17.0 Å². The average molecular weight is 566 g/mol. The smallest absolute Gasteiger partial charge is 0.330 e. The third kappa shape index (κ3) is 5.18. The maximum atomic E-state index is 13.0. The first-order chi connectivity index (χ1) is 17.6. The Morgan fingerprint density at radius 3 is 2.42 bits per heavy atom. The Bertz CT molecular complexity index is 1450. The summed E-state index contributed by atoms with van der Waals surface area (Å²) in [4.78, 5) is 27.3. The molecule has 1 fully saturated rings. The molecule has 3 N–H and O–H groups in total. The summed E-state index contributed by atoms with van der Waals surface area (Å²) in [6.45, 7) is 11.7. The zero-order chi connectivity index (χ0) is 28.1. The van der Waals surface area contributed by atoms with Crippen LogP contribution in [0, 0.1) is 6.92 Å². The van der Waals surface area contributed by atoms with E-state index in [2.05, 4.69) is 4.98 Å². The van der Waals surface area contributed by atoms with Crippen molar-refractivity contribution in [2.24, 2.45) is 5.73 Å². The Morgan fingerprint density at radius 2 is 1.84 bits per heavy atom. The molecule has 1 aromatic carbocycles. The molecule has 0 radical (unpaired) electrons. The zero-order valence-electron chi connectivity index (χ0n) is 22.4. The van der Waals surface area contributed by atoms with Gasteiger partial charge in [-0.15, -0.1) is 0 Å². The molecule has 2 aliphatic heterocycles. The standard InChI is InChI=1S/C25H35N3O8SSi/c1-16-12-28(23(30)27-21(16)29)22-20(35-38(5,6)24(2,3)4)25(18(26)15-37(31,32)36-25)19(34-22)14-33-13-17-10-8-7-9-11-17/h7-12,15,19-20,22H,13-14,26H2,1-6H3,(H,27,29,30)/t19-,20+,22-,25?/m1/s1. The van der Waals surface area contributed by atoms with Crippen LogP contribution in [0.4, 0.5) is 0 Å². The normalized spacial score (nSPS) is 27.1. The van der Waals surface area contributed by atoms with E-state index in [0.29, 0.717) is 0 Å². The number of aryl methyl sites for hydroxylation is 1. The lowest BCUT2D eigenvalue weighted by Gasteiger charge is -2.43. The number of nitrogens with one attached hydrogen (secondary N) is 1. The molecule has 0 amide bonds. The summed E-state index contributed by atoms with van der Waals surface area (Å²) in [7, 11) is -6.82. The molecule has 13 heteroatoms. The van der Waals surface area contributed by atoms with E-state index >= 15 is 0 Å². The number of hydrogen-bond acceptors (Lipinski definition) is 9. The molecule has 208 valence electrons. The molecule has 2 aliphatic rings. The second-order valence-corrected chi connectivity index (χ2v) is 17.4. The van der Waals surface area contributed by atoms with Crippen molar-refractivity contribution in [3.8, 4) is 0 Å². The highest BCUT2D eigenvalue weighted by Crippen LogP contribution is 2.51. The third-order valence-electron chi connectivity index (χ3n) is 7.47. The van der Waals surface area contributed by atoms with Gasteiger partial charge in [0.05, 0.1) is 24.3 Å². The molecule has 38 heavy (non-hydrogen) atoms. The van der Waals surface area contributed by atoms with Gasteiger partial charge in [0.15, 0.2) is 20.1 Å². The Kier molecular flexibility index (Phi) is 7.40. The maximum Gasteiger partial charge on any atom is 0.330 e. The van der Waals surface area contributed by atoms with Crippen LogP contribution in [0.2, 0.25) is 18.1 Å². The Labute approximate surface area is 222 Å². The van der Waals surface area contributed by atoms with Gasteiger partial charge in [0, 0.05) is 11.8 Å². The minimum atomic E-state index is -4.18. The van der Waals surface area contributed by atoms with E-state index in [1.54, 1.807) is 6.92 Å².